The lowest BCUT2D eigenvalue weighted by Crippen LogP contribution is -2.46. The molecule has 1 N–H and O–H groups in total. The van der Waals surface area contributed by atoms with Gasteiger partial charge in [-0.25, -0.2) is 0 Å². The highest BCUT2D eigenvalue weighted by Crippen LogP contribution is 2.37. The van der Waals surface area contributed by atoms with E-state index in [1.54, 1.807) is 7.11 Å². The molecule has 116 valence electrons. The zero-order chi connectivity index (χ0) is 15.0. The van der Waals surface area contributed by atoms with Crippen LogP contribution >= 0.6 is 0 Å². The van der Waals surface area contributed by atoms with E-state index >= 15 is 0 Å². The zero-order valence-corrected chi connectivity index (χ0v) is 13.6. The average molecular weight is 281 g/mol. The first-order valence-electron chi connectivity index (χ1n) is 7.96. The normalized spacial score (nSPS) is 27.7. The Labute approximate surface area is 124 Å². The highest BCUT2D eigenvalue weighted by Gasteiger charge is 2.41. The fourth-order valence-corrected chi connectivity index (χ4v) is 3.34. The third kappa shape index (κ3) is 4.18. The first-order chi connectivity index (χ1) is 9.63. The minimum atomic E-state index is -0.289. The van der Waals surface area contributed by atoms with Crippen molar-refractivity contribution in [3.63, 3.8) is 0 Å². The van der Waals surface area contributed by atoms with Gasteiger partial charge in [0.15, 0.2) is 0 Å². The van der Waals surface area contributed by atoms with Crippen LogP contribution in [-0.2, 0) is 4.74 Å². The molecule has 0 spiro atoms. The van der Waals surface area contributed by atoms with Gasteiger partial charge in [0.1, 0.15) is 5.54 Å². The molecule has 1 aliphatic rings. The van der Waals surface area contributed by atoms with Gasteiger partial charge in [-0.1, -0.05) is 13.3 Å². The number of hydrogen-bond donors (Lipinski definition) is 1. The topological polar surface area (TPSA) is 48.3 Å². The Bertz CT molecular complexity index is 315. The van der Waals surface area contributed by atoms with Gasteiger partial charge in [0.25, 0.3) is 0 Å². The molecule has 0 aromatic rings. The minimum Gasteiger partial charge on any atom is -0.383 e. The summed E-state index contributed by atoms with van der Waals surface area (Å²) < 4.78 is 5.22. The zero-order valence-electron chi connectivity index (χ0n) is 13.6. The smallest absolute Gasteiger partial charge is 0.109 e. The van der Waals surface area contributed by atoms with Crippen LogP contribution in [0.4, 0.5) is 0 Å². The van der Waals surface area contributed by atoms with Crippen molar-refractivity contribution < 1.29 is 4.74 Å². The van der Waals surface area contributed by atoms with Crippen molar-refractivity contribution in [1.82, 2.24) is 10.2 Å². The van der Waals surface area contributed by atoms with Gasteiger partial charge in [-0.2, -0.15) is 5.26 Å². The van der Waals surface area contributed by atoms with Gasteiger partial charge < -0.3 is 10.1 Å². The van der Waals surface area contributed by atoms with E-state index in [0.29, 0.717) is 12.0 Å². The minimum absolute atomic E-state index is 0.289. The molecular formula is C16H31N3O. The number of rotatable bonds is 9. The molecule has 1 aliphatic carbocycles. The molecule has 4 heteroatoms. The predicted molar refractivity (Wildman–Crippen MR) is 82.6 cm³/mol. The summed E-state index contributed by atoms with van der Waals surface area (Å²) in [6.07, 6.45) is 5.59. The summed E-state index contributed by atoms with van der Waals surface area (Å²) in [5.41, 5.74) is -0.289. The Morgan fingerprint density at radius 2 is 2.25 bits per heavy atom. The maximum atomic E-state index is 9.50. The first kappa shape index (κ1) is 17.4. The quantitative estimate of drug-likeness (QED) is 0.705. The Kier molecular flexibility index (Phi) is 7.50. The molecule has 0 radical (unpaired) electrons. The molecule has 3 atom stereocenters. The van der Waals surface area contributed by atoms with E-state index < -0.39 is 0 Å². The Balaban J connectivity index is 2.56. The Hall–Kier alpha value is -0.630. The molecule has 1 saturated carbocycles. The van der Waals surface area contributed by atoms with Crippen LogP contribution in [-0.4, -0.2) is 50.3 Å². The van der Waals surface area contributed by atoms with Crippen molar-refractivity contribution in [2.24, 2.45) is 5.92 Å². The second-order valence-corrected chi connectivity index (χ2v) is 6.00. The number of hydrogen-bond acceptors (Lipinski definition) is 4. The Morgan fingerprint density at radius 3 is 2.80 bits per heavy atom. The number of nitrogens with zero attached hydrogens (tertiary/aromatic N) is 2. The second-order valence-electron chi connectivity index (χ2n) is 6.00. The van der Waals surface area contributed by atoms with Crippen LogP contribution in [0.5, 0.6) is 0 Å². The fourth-order valence-electron chi connectivity index (χ4n) is 3.34. The molecule has 0 aromatic carbocycles. The summed E-state index contributed by atoms with van der Waals surface area (Å²) in [7, 11) is 3.69. The van der Waals surface area contributed by atoms with Gasteiger partial charge in [0, 0.05) is 19.7 Å². The lowest BCUT2D eigenvalue weighted by atomic mass is 9.86. The highest BCUT2D eigenvalue weighted by atomic mass is 16.5. The van der Waals surface area contributed by atoms with Crippen LogP contribution < -0.4 is 5.32 Å². The fraction of sp³-hybridized carbons (Fsp3) is 0.938. The van der Waals surface area contributed by atoms with Crippen LogP contribution in [0.1, 0.15) is 46.0 Å². The van der Waals surface area contributed by atoms with Crippen molar-refractivity contribution in [2.45, 2.75) is 57.5 Å². The van der Waals surface area contributed by atoms with Gasteiger partial charge in [0.2, 0.25) is 0 Å². The van der Waals surface area contributed by atoms with Crippen molar-refractivity contribution in [2.75, 3.05) is 33.9 Å². The van der Waals surface area contributed by atoms with Crippen LogP contribution in [0, 0.1) is 17.2 Å². The van der Waals surface area contributed by atoms with Crippen LogP contribution in [0.2, 0.25) is 0 Å². The lowest BCUT2D eigenvalue weighted by molar-refractivity contribution is 0.114. The van der Waals surface area contributed by atoms with E-state index in [1.165, 1.54) is 12.8 Å². The molecule has 0 amide bonds. The number of nitriles is 1. The summed E-state index contributed by atoms with van der Waals surface area (Å²) in [4.78, 5) is 2.50. The molecule has 0 bridgehead atoms. The number of ether oxygens (including phenoxy) is 1. The summed E-state index contributed by atoms with van der Waals surface area (Å²) in [5.74, 6) is 0.478. The molecule has 0 heterocycles. The van der Waals surface area contributed by atoms with E-state index in [1.807, 2.05) is 7.05 Å². The first-order valence-corrected chi connectivity index (χ1v) is 7.96. The number of methoxy groups -OCH3 is 1. The SMILES string of the molecule is CCC(C)N(CCOC)CCC1CCCC1(C#N)NC. The third-order valence-corrected chi connectivity index (χ3v) is 5.03. The predicted octanol–water partition coefficient (Wildman–Crippen LogP) is 2.41. The van der Waals surface area contributed by atoms with Crippen molar-refractivity contribution >= 4 is 0 Å². The molecular weight excluding hydrogens is 250 g/mol. The standard InChI is InChI=1S/C16H31N3O/c1-5-14(2)19(11-12-20-4)10-8-15-7-6-9-16(15,13-17)18-3/h14-15,18H,5-12H2,1-4H3. The lowest BCUT2D eigenvalue weighted by Gasteiger charge is -2.33. The second kappa shape index (κ2) is 8.61. The molecule has 0 saturated heterocycles. The highest BCUT2D eigenvalue weighted by molar-refractivity contribution is 5.13. The van der Waals surface area contributed by atoms with Crippen LogP contribution in [0.15, 0.2) is 0 Å². The van der Waals surface area contributed by atoms with E-state index in [2.05, 4.69) is 30.1 Å². The van der Waals surface area contributed by atoms with Gasteiger partial charge in [-0.3, -0.25) is 4.90 Å². The molecule has 0 aliphatic heterocycles. The van der Waals surface area contributed by atoms with Gasteiger partial charge in [-0.05, 0) is 52.1 Å². The molecule has 3 unspecified atom stereocenters. The van der Waals surface area contributed by atoms with E-state index in [9.17, 15) is 5.26 Å². The van der Waals surface area contributed by atoms with E-state index in [0.717, 1.165) is 39.0 Å². The Morgan fingerprint density at radius 1 is 1.50 bits per heavy atom. The average Bonchev–Trinajstić information content (AvgIpc) is 2.90. The van der Waals surface area contributed by atoms with Crippen LogP contribution in [0.3, 0.4) is 0 Å². The largest absolute Gasteiger partial charge is 0.383 e. The van der Waals surface area contributed by atoms with Gasteiger partial charge in [-0.15, -0.1) is 0 Å². The number of nitrogens with one attached hydrogen (secondary N) is 1. The van der Waals surface area contributed by atoms with E-state index in [-0.39, 0.29) is 5.54 Å². The third-order valence-electron chi connectivity index (χ3n) is 5.03. The summed E-state index contributed by atoms with van der Waals surface area (Å²) in [5, 5.41) is 12.8. The maximum absolute atomic E-state index is 9.50. The monoisotopic (exact) mass is 281 g/mol. The van der Waals surface area contributed by atoms with Crippen molar-refractivity contribution in [1.29, 1.82) is 5.26 Å². The molecule has 1 fully saturated rings. The summed E-state index contributed by atoms with van der Waals surface area (Å²) >= 11 is 0. The molecule has 20 heavy (non-hydrogen) atoms. The van der Waals surface area contributed by atoms with Gasteiger partial charge >= 0.3 is 0 Å². The summed E-state index contributed by atoms with van der Waals surface area (Å²) in [6, 6.07) is 3.11. The summed E-state index contributed by atoms with van der Waals surface area (Å²) in [6.45, 7) is 7.34. The molecule has 1 rings (SSSR count). The molecule has 0 aromatic heterocycles. The maximum Gasteiger partial charge on any atom is 0.109 e. The van der Waals surface area contributed by atoms with Gasteiger partial charge in [0.05, 0.1) is 12.7 Å². The van der Waals surface area contributed by atoms with Crippen LogP contribution in [0.25, 0.3) is 0 Å². The van der Waals surface area contributed by atoms with E-state index in [4.69, 9.17) is 4.74 Å². The molecule has 4 nitrogen and oxygen atoms in total. The van der Waals surface area contributed by atoms with Crippen molar-refractivity contribution in [3.8, 4) is 6.07 Å². The van der Waals surface area contributed by atoms with Crippen molar-refractivity contribution in [3.05, 3.63) is 0 Å².